The lowest BCUT2D eigenvalue weighted by atomic mass is 10.2. The zero-order valence-corrected chi connectivity index (χ0v) is 11.7. The highest BCUT2D eigenvalue weighted by Crippen LogP contribution is 2.42. The van der Waals surface area contributed by atoms with Crippen molar-refractivity contribution in [3.8, 4) is 11.5 Å². The number of nitrogens with zero attached hydrogens (tertiary/aromatic N) is 2. The summed E-state index contributed by atoms with van der Waals surface area (Å²) in [5.41, 5.74) is 1.66. The molecule has 1 aliphatic rings. The van der Waals surface area contributed by atoms with E-state index in [0.717, 1.165) is 23.0 Å². The van der Waals surface area contributed by atoms with Crippen LogP contribution in [0.4, 0.5) is 4.39 Å². The summed E-state index contributed by atoms with van der Waals surface area (Å²) in [7, 11) is 0. The summed E-state index contributed by atoms with van der Waals surface area (Å²) in [4.78, 5) is 11.5. The average Bonchev–Trinajstić information content (AvgIpc) is 3.18. The number of rotatable bonds is 2. The van der Waals surface area contributed by atoms with Gasteiger partial charge in [-0.25, -0.2) is 14.4 Å². The fourth-order valence-corrected chi connectivity index (χ4v) is 2.48. The van der Waals surface area contributed by atoms with E-state index in [9.17, 15) is 4.39 Å². The fraction of sp³-hybridized carbons (Fsp3) is 0.250. The van der Waals surface area contributed by atoms with Crippen molar-refractivity contribution in [3.63, 3.8) is 0 Å². The molecule has 18 heavy (non-hydrogen) atoms. The van der Waals surface area contributed by atoms with Crippen LogP contribution >= 0.6 is 28.1 Å². The summed E-state index contributed by atoms with van der Waals surface area (Å²) in [6.07, 6.45) is 3.49. The van der Waals surface area contributed by atoms with Crippen LogP contribution in [-0.4, -0.2) is 15.0 Å². The Hall–Kier alpha value is -1.14. The Kier molecular flexibility index (Phi) is 2.99. The van der Waals surface area contributed by atoms with Crippen molar-refractivity contribution >= 4 is 28.1 Å². The van der Waals surface area contributed by atoms with Gasteiger partial charge in [-0.15, -0.1) is 0 Å². The first-order chi connectivity index (χ1) is 8.65. The maximum atomic E-state index is 12.8. The van der Waals surface area contributed by atoms with Gasteiger partial charge in [-0.2, -0.15) is 0 Å². The van der Waals surface area contributed by atoms with E-state index < -0.39 is 0 Å². The molecule has 1 aliphatic carbocycles. The van der Waals surface area contributed by atoms with Crippen molar-refractivity contribution in [2.24, 2.45) is 0 Å². The number of hydrogen-bond acceptors (Lipinski definition) is 3. The van der Waals surface area contributed by atoms with E-state index in [-0.39, 0.29) is 5.82 Å². The molecule has 0 atom stereocenters. The Morgan fingerprint density at radius 1 is 1.39 bits per heavy atom. The molecular weight excluding hydrogens is 317 g/mol. The van der Waals surface area contributed by atoms with Gasteiger partial charge in [-0.1, -0.05) is 12.2 Å². The Balaban J connectivity index is 2.12. The SMILES string of the molecule is Fc1ccc(-c2nc(=S)c(Br)c(C3CC3)[nH]2)nc1. The van der Waals surface area contributed by atoms with Gasteiger partial charge in [0.25, 0.3) is 0 Å². The lowest BCUT2D eigenvalue weighted by Gasteiger charge is -2.07. The van der Waals surface area contributed by atoms with E-state index in [1.807, 2.05) is 0 Å². The van der Waals surface area contributed by atoms with Crippen molar-refractivity contribution in [2.75, 3.05) is 0 Å². The smallest absolute Gasteiger partial charge is 0.157 e. The van der Waals surface area contributed by atoms with Crippen LogP contribution < -0.4 is 0 Å². The first-order valence-corrected chi connectivity index (χ1v) is 6.77. The molecule has 1 saturated carbocycles. The summed E-state index contributed by atoms with van der Waals surface area (Å²) in [6.45, 7) is 0. The standard InChI is InChI=1S/C12H9BrFN3S/c13-9-10(6-1-2-6)16-11(17-12(9)18)8-4-3-7(14)5-15-8/h3-6H,1-2H2,(H,16,17,18). The van der Waals surface area contributed by atoms with Crippen molar-refractivity contribution in [1.82, 2.24) is 15.0 Å². The fourth-order valence-electron chi connectivity index (χ4n) is 1.77. The number of halogens is 2. The Morgan fingerprint density at radius 2 is 2.17 bits per heavy atom. The zero-order chi connectivity index (χ0) is 12.7. The molecule has 3 nitrogen and oxygen atoms in total. The van der Waals surface area contributed by atoms with E-state index >= 15 is 0 Å². The number of pyridine rings is 1. The first-order valence-electron chi connectivity index (χ1n) is 5.57. The third-order valence-electron chi connectivity index (χ3n) is 2.85. The van der Waals surface area contributed by atoms with Gasteiger partial charge < -0.3 is 4.98 Å². The van der Waals surface area contributed by atoms with Gasteiger partial charge in [-0.3, -0.25) is 0 Å². The number of aromatic nitrogens is 3. The number of aromatic amines is 1. The molecule has 1 N–H and O–H groups in total. The molecule has 3 rings (SSSR count). The molecular formula is C12H9BrFN3S. The van der Waals surface area contributed by atoms with Crippen LogP contribution in [0.1, 0.15) is 24.5 Å². The molecule has 0 saturated heterocycles. The van der Waals surface area contributed by atoms with E-state index in [4.69, 9.17) is 12.2 Å². The van der Waals surface area contributed by atoms with E-state index in [2.05, 4.69) is 30.9 Å². The quantitative estimate of drug-likeness (QED) is 0.849. The zero-order valence-electron chi connectivity index (χ0n) is 9.28. The summed E-state index contributed by atoms with van der Waals surface area (Å²) < 4.78 is 14.2. The van der Waals surface area contributed by atoms with Gasteiger partial charge in [0.2, 0.25) is 0 Å². The Bertz CT molecular complexity index is 649. The Labute approximate surface area is 117 Å². The number of H-pyrrole nitrogens is 1. The van der Waals surface area contributed by atoms with Gasteiger partial charge >= 0.3 is 0 Å². The van der Waals surface area contributed by atoms with Crippen molar-refractivity contribution < 1.29 is 4.39 Å². The molecule has 1 fully saturated rings. The third kappa shape index (κ3) is 2.22. The molecule has 6 heteroatoms. The third-order valence-corrected chi connectivity index (χ3v) is 4.21. The van der Waals surface area contributed by atoms with Gasteiger partial charge in [0.1, 0.15) is 16.2 Å². The Morgan fingerprint density at radius 3 is 2.78 bits per heavy atom. The molecule has 2 aromatic rings. The minimum Gasteiger partial charge on any atom is -0.341 e. The maximum Gasteiger partial charge on any atom is 0.157 e. The molecule has 2 aromatic heterocycles. The summed E-state index contributed by atoms with van der Waals surface area (Å²) in [5, 5.41) is 0. The van der Waals surface area contributed by atoms with Crippen LogP contribution in [0.3, 0.4) is 0 Å². The van der Waals surface area contributed by atoms with E-state index in [1.54, 1.807) is 6.07 Å². The normalized spacial score (nSPS) is 14.8. The monoisotopic (exact) mass is 325 g/mol. The average molecular weight is 326 g/mol. The van der Waals surface area contributed by atoms with Gasteiger partial charge in [0, 0.05) is 11.6 Å². The lowest BCUT2D eigenvalue weighted by molar-refractivity contribution is 0.621. The molecule has 2 heterocycles. The van der Waals surface area contributed by atoms with Crippen LogP contribution in [0.25, 0.3) is 11.5 Å². The van der Waals surface area contributed by atoms with Gasteiger partial charge in [0.15, 0.2) is 5.82 Å². The molecule has 0 aliphatic heterocycles. The largest absolute Gasteiger partial charge is 0.341 e. The molecule has 0 radical (unpaired) electrons. The first kappa shape index (κ1) is 11.9. The second kappa shape index (κ2) is 4.51. The minimum absolute atomic E-state index is 0.364. The molecule has 0 aromatic carbocycles. The maximum absolute atomic E-state index is 12.8. The lowest BCUT2D eigenvalue weighted by Crippen LogP contribution is -1.98. The second-order valence-corrected chi connectivity index (χ2v) is 5.43. The van der Waals surface area contributed by atoms with Crippen LogP contribution in [-0.2, 0) is 0 Å². The van der Waals surface area contributed by atoms with Gasteiger partial charge in [-0.05, 0) is 40.9 Å². The molecule has 92 valence electrons. The molecule has 0 bridgehead atoms. The molecule has 0 amide bonds. The van der Waals surface area contributed by atoms with Crippen LogP contribution in [0.15, 0.2) is 22.8 Å². The number of nitrogens with one attached hydrogen (secondary N) is 1. The topological polar surface area (TPSA) is 41.6 Å². The van der Waals surface area contributed by atoms with Crippen molar-refractivity contribution in [3.05, 3.63) is 39.0 Å². The van der Waals surface area contributed by atoms with E-state index in [0.29, 0.717) is 22.1 Å². The summed E-state index contributed by atoms with van der Waals surface area (Å²) >= 11 is 8.68. The van der Waals surface area contributed by atoms with Crippen molar-refractivity contribution in [1.29, 1.82) is 0 Å². The molecule has 0 unspecified atom stereocenters. The summed E-state index contributed by atoms with van der Waals surface area (Å²) in [5.74, 6) is 0.741. The van der Waals surface area contributed by atoms with Crippen LogP contribution in [0, 0.1) is 10.5 Å². The predicted molar refractivity (Wildman–Crippen MR) is 72.3 cm³/mol. The van der Waals surface area contributed by atoms with Gasteiger partial charge in [0.05, 0.1) is 10.7 Å². The van der Waals surface area contributed by atoms with Crippen molar-refractivity contribution in [2.45, 2.75) is 18.8 Å². The molecule has 0 spiro atoms. The highest BCUT2D eigenvalue weighted by Gasteiger charge is 2.27. The highest BCUT2D eigenvalue weighted by atomic mass is 79.9. The summed E-state index contributed by atoms with van der Waals surface area (Å²) in [6, 6.07) is 2.95. The second-order valence-electron chi connectivity index (χ2n) is 4.25. The van der Waals surface area contributed by atoms with E-state index in [1.165, 1.54) is 12.3 Å². The number of hydrogen-bond donors (Lipinski definition) is 1. The minimum atomic E-state index is -0.364. The van der Waals surface area contributed by atoms with Crippen LogP contribution in [0.2, 0.25) is 0 Å². The highest BCUT2D eigenvalue weighted by molar-refractivity contribution is 9.10. The predicted octanol–water partition coefficient (Wildman–Crippen LogP) is 3.98. The van der Waals surface area contributed by atoms with Crippen LogP contribution in [0.5, 0.6) is 0 Å².